The van der Waals surface area contributed by atoms with E-state index in [-0.39, 0.29) is 0 Å². The highest BCUT2D eigenvalue weighted by Crippen LogP contribution is 2.58. The highest BCUT2D eigenvalue weighted by Gasteiger charge is 2.70. The van der Waals surface area contributed by atoms with Gasteiger partial charge < -0.3 is 5.11 Å². The van der Waals surface area contributed by atoms with E-state index >= 15 is 0 Å². The third-order valence-electron chi connectivity index (χ3n) is 1.68. The van der Waals surface area contributed by atoms with Crippen molar-refractivity contribution in [2.45, 2.75) is 16.7 Å². The fourth-order valence-electron chi connectivity index (χ4n) is 0.887. The zero-order chi connectivity index (χ0) is 8.86. The lowest BCUT2D eigenvalue weighted by Crippen LogP contribution is -2.59. The lowest BCUT2D eigenvalue weighted by Gasteiger charge is -2.44. The molecule has 0 aromatic rings. The van der Waals surface area contributed by atoms with Crippen LogP contribution >= 0.6 is 23.2 Å². The van der Waals surface area contributed by atoms with E-state index in [1.807, 2.05) is 0 Å². The Hall–Kier alpha value is -0.0900. The Morgan fingerprint density at radius 1 is 1.55 bits per heavy atom. The number of aliphatic carboxylic acids is 1. The van der Waals surface area contributed by atoms with E-state index < -0.39 is 28.6 Å². The van der Waals surface area contributed by atoms with Crippen molar-refractivity contribution in [3.63, 3.8) is 0 Å². The van der Waals surface area contributed by atoms with Crippen LogP contribution in [0.2, 0.25) is 0 Å². The van der Waals surface area contributed by atoms with Gasteiger partial charge in [0.25, 0.3) is 5.92 Å². The van der Waals surface area contributed by atoms with Crippen LogP contribution in [0.4, 0.5) is 8.78 Å². The number of hydrogen-bond donors (Lipinski definition) is 1. The van der Waals surface area contributed by atoms with E-state index in [9.17, 15) is 13.6 Å². The van der Waals surface area contributed by atoms with Gasteiger partial charge in [-0.3, -0.25) is 4.79 Å². The summed E-state index contributed by atoms with van der Waals surface area (Å²) in [6.07, 6.45) is -0.782. The summed E-state index contributed by atoms with van der Waals surface area (Å²) in [7, 11) is 0. The van der Waals surface area contributed by atoms with Crippen molar-refractivity contribution in [1.29, 1.82) is 0 Å². The Morgan fingerprint density at radius 3 is 2.09 bits per heavy atom. The molecule has 1 unspecified atom stereocenters. The molecule has 1 aliphatic carbocycles. The predicted molar refractivity (Wildman–Crippen MR) is 35.1 cm³/mol. The van der Waals surface area contributed by atoms with Gasteiger partial charge in [-0.05, 0) is 0 Å². The maximum Gasteiger partial charge on any atom is 0.310 e. The van der Waals surface area contributed by atoms with Gasteiger partial charge in [-0.15, -0.1) is 0 Å². The average Bonchev–Trinajstić information content (AvgIpc) is 1.82. The van der Waals surface area contributed by atoms with Crippen molar-refractivity contribution in [3.8, 4) is 0 Å². The van der Waals surface area contributed by atoms with Crippen LogP contribution in [0.15, 0.2) is 0 Å². The second-order valence-electron chi connectivity index (χ2n) is 2.42. The number of carbonyl (C=O) groups is 1. The van der Waals surface area contributed by atoms with E-state index in [1.165, 1.54) is 0 Å². The Kier molecular flexibility index (Phi) is 1.80. The minimum absolute atomic E-state index is 0.782. The summed E-state index contributed by atoms with van der Waals surface area (Å²) in [4.78, 5) is 10.2. The predicted octanol–water partition coefficient (Wildman–Crippen LogP) is 1.90. The van der Waals surface area contributed by atoms with Gasteiger partial charge in [-0.2, -0.15) is 0 Å². The van der Waals surface area contributed by atoms with Gasteiger partial charge >= 0.3 is 5.97 Å². The smallest absolute Gasteiger partial charge is 0.310 e. The van der Waals surface area contributed by atoms with Crippen LogP contribution in [0.25, 0.3) is 0 Å². The van der Waals surface area contributed by atoms with Gasteiger partial charge in [0.15, 0.2) is 4.33 Å². The second kappa shape index (κ2) is 2.20. The zero-order valence-corrected chi connectivity index (χ0v) is 6.66. The van der Waals surface area contributed by atoms with Gasteiger partial charge in [-0.1, -0.05) is 23.2 Å². The number of carboxylic acids is 1. The molecule has 0 aromatic heterocycles. The number of halogens is 4. The summed E-state index contributed by atoms with van der Waals surface area (Å²) in [6.45, 7) is 0. The van der Waals surface area contributed by atoms with E-state index in [0.29, 0.717) is 0 Å². The van der Waals surface area contributed by atoms with Crippen LogP contribution < -0.4 is 0 Å². The molecule has 1 N–H and O–H groups in total. The molecule has 1 rings (SSSR count). The Labute approximate surface area is 71.1 Å². The van der Waals surface area contributed by atoms with Crippen molar-refractivity contribution in [2.24, 2.45) is 5.92 Å². The average molecular weight is 205 g/mol. The molecule has 0 heterocycles. The summed E-state index contributed by atoms with van der Waals surface area (Å²) in [5.41, 5.74) is 0. The first kappa shape index (κ1) is 9.00. The van der Waals surface area contributed by atoms with Crippen LogP contribution in [-0.4, -0.2) is 21.3 Å². The molecule has 1 aliphatic rings. The third kappa shape index (κ3) is 1.08. The van der Waals surface area contributed by atoms with E-state index in [1.54, 1.807) is 0 Å². The number of carboxylic acid groups (broad SMARTS) is 1. The summed E-state index contributed by atoms with van der Waals surface area (Å²) >= 11 is 10.2. The Balaban J connectivity index is 2.77. The van der Waals surface area contributed by atoms with Crippen LogP contribution in [0.5, 0.6) is 0 Å². The molecule has 11 heavy (non-hydrogen) atoms. The lowest BCUT2D eigenvalue weighted by atomic mass is 9.80. The lowest BCUT2D eigenvalue weighted by molar-refractivity contribution is -0.169. The molecular formula is C5H4Cl2F2O2. The molecule has 6 heteroatoms. The van der Waals surface area contributed by atoms with Crippen molar-refractivity contribution in [3.05, 3.63) is 0 Å². The minimum Gasteiger partial charge on any atom is -0.481 e. The van der Waals surface area contributed by atoms with Gasteiger partial charge in [0, 0.05) is 6.42 Å². The maximum absolute atomic E-state index is 12.4. The zero-order valence-electron chi connectivity index (χ0n) is 5.15. The van der Waals surface area contributed by atoms with Crippen LogP contribution in [0.3, 0.4) is 0 Å². The normalized spacial score (nSPS) is 32.5. The number of alkyl halides is 4. The van der Waals surface area contributed by atoms with Crippen molar-refractivity contribution >= 4 is 29.2 Å². The second-order valence-corrected chi connectivity index (χ2v) is 3.81. The van der Waals surface area contributed by atoms with Crippen molar-refractivity contribution < 1.29 is 18.7 Å². The Bertz CT molecular complexity index is 205. The maximum atomic E-state index is 12.4. The molecule has 1 fully saturated rings. The van der Waals surface area contributed by atoms with Gasteiger partial charge in [0.1, 0.15) is 5.92 Å². The molecule has 0 spiro atoms. The van der Waals surface area contributed by atoms with E-state index in [4.69, 9.17) is 28.3 Å². The van der Waals surface area contributed by atoms with Gasteiger partial charge in [0.2, 0.25) is 0 Å². The minimum atomic E-state index is -3.28. The quantitative estimate of drug-likeness (QED) is 0.663. The fourth-order valence-corrected chi connectivity index (χ4v) is 1.38. The molecule has 0 saturated heterocycles. The highest BCUT2D eigenvalue weighted by atomic mass is 35.5. The SMILES string of the molecule is O=C(O)C1CC(F)(F)C1(Cl)Cl. The topological polar surface area (TPSA) is 37.3 Å². The summed E-state index contributed by atoms with van der Waals surface area (Å²) < 4.78 is 22.4. The highest BCUT2D eigenvalue weighted by molar-refractivity contribution is 6.51. The molecule has 64 valence electrons. The molecule has 0 amide bonds. The first-order valence-corrected chi connectivity index (χ1v) is 3.53. The van der Waals surface area contributed by atoms with Crippen LogP contribution in [-0.2, 0) is 4.79 Å². The van der Waals surface area contributed by atoms with E-state index in [2.05, 4.69) is 0 Å². The van der Waals surface area contributed by atoms with E-state index in [0.717, 1.165) is 0 Å². The number of rotatable bonds is 1. The van der Waals surface area contributed by atoms with Crippen LogP contribution in [0, 0.1) is 5.92 Å². The third-order valence-corrected chi connectivity index (χ3v) is 2.76. The van der Waals surface area contributed by atoms with Crippen LogP contribution in [0.1, 0.15) is 6.42 Å². The first-order chi connectivity index (χ1) is 4.79. The first-order valence-electron chi connectivity index (χ1n) is 2.77. The van der Waals surface area contributed by atoms with Crippen molar-refractivity contribution in [2.75, 3.05) is 0 Å². The summed E-state index contributed by atoms with van der Waals surface area (Å²) in [5, 5.41) is 8.30. The molecular weight excluding hydrogens is 201 g/mol. The molecule has 1 saturated carbocycles. The molecule has 0 radical (unpaired) electrons. The molecule has 2 nitrogen and oxygen atoms in total. The fraction of sp³-hybridized carbons (Fsp3) is 0.800. The monoisotopic (exact) mass is 204 g/mol. The Morgan fingerprint density at radius 2 is 2.00 bits per heavy atom. The summed E-state index contributed by atoms with van der Waals surface area (Å²) in [5.74, 6) is -6.03. The molecule has 0 aliphatic heterocycles. The van der Waals surface area contributed by atoms with Gasteiger partial charge in [-0.25, -0.2) is 8.78 Å². The molecule has 0 aromatic carbocycles. The standard InChI is InChI=1S/C5H4Cl2F2O2/c6-5(7)2(3(10)11)1-4(5,8)9/h2H,1H2,(H,10,11). The molecule has 0 bridgehead atoms. The van der Waals surface area contributed by atoms with Crippen molar-refractivity contribution in [1.82, 2.24) is 0 Å². The van der Waals surface area contributed by atoms with Gasteiger partial charge in [0.05, 0.1) is 0 Å². The molecule has 1 atom stereocenters. The largest absolute Gasteiger partial charge is 0.481 e. The number of hydrogen-bond acceptors (Lipinski definition) is 1. The summed E-state index contributed by atoms with van der Waals surface area (Å²) in [6, 6.07) is 0.